The van der Waals surface area contributed by atoms with Crippen molar-refractivity contribution >= 4 is 5.91 Å². The number of hydrogen-bond acceptors (Lipinski definition) is 3. The lowest BCUT2D eigenvalue weighted by atomic mass is 9.94. The molecule has 0 bridgehead atoms. The number of carbonyl (C=O) groups is 1. The molecule has 3 rings (SSSR count). The zero-order valence-electron chi connectivity index (χ0n) is 12.7. The fourth-order valence-electron chi connectivity index (χ4n) is 3.08. The zero-order chi connectivity index (χ0) is 15.2. The number of pyridine rings is 1. The molecule has 1 atom stereocenters. The Hall–Kier alpha value is -2.17. The molecule has 1 fully saturated rings. The number of rotatable bonds is 5. The molecule has 1 N–H and O–H groups in total. The van der Waals surface area contributed by atoms with E-state index in [4.69, 9.17) is 0 Å². The fraction of sp³-hybridized carbons (Fsp3) is 0.471. The Labute approximate surface area is 130 Å². The van der Waals surface area contributed by atoms with E-state index >= 15 is 0 Å². The third kappa shape index (κ3) is 3.72. The summed E-state index contributed by atoms with van der Waals surface area (Å²) in [5.74, 6) is 0.663. The van der Waals surface area contributed by atoms with E-state index in [0.29, 0.717) is 12.3 Å². The van der Waals surface area contributed by atoms with Crippen LogP contribution < -0.4 is 0 Å². The second-order valence-corrected chi connectivity index (χ2v) is 5.87. The molecule has 3 heterocycles. The topological polar surface area (TPSA) is 61.9 Å². The Kier molecular flexibility index (Phi) is 4.83. The van der Waals surface area contributed by atoms with Crippen molar-refractivity contribution in [1.29, 1.82) is 0 Å². The first-order valence-electron chi connectivity index (χ1n) is 8.00. The lowest BCUT2D eigenvalue weighted by Gasteiger charge is -2.32. The average molecular weight is 298 g/mol. The first-order valence-corrected chi connectivity index (χ1v) is 8.00. The number of carbonyl (C=O) groups excluding carboxylic acids is 1. The number of hydrogen-bond donors (Lipinski definition) is 1. The van der Waals surface area contributed by atoms with Gasteiger partial charge in [0, 0.05) is 49.2 Å². The molecule has 5 heteroatoms. The van der Waals surface area contributed by atoms with Crippen molar-refractivity contribution in [3.63, 3.8) is 0 Å². The van der Waals surface area contributed by atoms with E-state index in [-0.39, 0.29) is 5.91 Å². The fourth-order valence-corrected chi connectivity index (χ4v) is 3.08. The maximum atomic E-state index is 12.4. The van der Waals surface area contributed by atoms with Crippen LogP contribution in [0, 0.1) is 0 Å². The number of amides is 1. The Morgan fingerprint density at radius 2 is 2.27 bits per heavy atom. The van der Waals surface area contributed by atoms with Crippen LogP contribution in [0.1, 0.15) is 43.0 Å². The third-order valence-electron chi connectivity index (χ3n) is 4.29. The molecule has 22 heavy (non-hydrogen) atoms. The Morgan fingerprint density at radius 3 is 3.05 bits per heavy atom. The van der Waals surface area contributed by atoms with Crippen LogP contribution in [0.15, 0.2) is 36.7 Å². The molecular formula is C17H22N4O. The van der Waals surface area contributed by atoms with Crippen molar-refractivity contribution in [3.8, 4) is 0 Å². The minimum atomic E-state index is 0.264. The number of likely N-dealkylation sites (tertiary alicyclic amines) is 1. The number of nitrogens with zero attached hydrogens (tertiary/aromatic N) is 3. The van der Waals surface area contributed by atoms with Gasteiger partial charge in [-0.25, -0.2) is 0 Å². The summed E-state index contributed by atoms with van der Waals surface area (Å²) in [4.78, 5) is 18.7. The van der Waals surface area contributed by atoms with Crippen LogP contribution in [-0.2, 0) is 11.2 Å². The number of nitrogens with one attached hydrogen (secondary N) is 1. The molecule has 1 aliphatic rings. The van der Waals surface area contributed by atoms with Gasteiger partial charge in [0.2, 0.25) is 5.91 Å². The van der Waals surface area contributed by atoms with E-state index in [1.54, 1.807) is 12.4 Å². The minimum Gasteiger partial charge on any atom is -0.342 e. The number of aromatic nitrogens is 3. The van der Waals surface area contributed by atoms with Crippen molar-refractivity contribution in [2.75, 3.05) is 13.1 Å². The molecule has 5 nitrogen and oxygen atoms in total. The largest absolute Gasteiger partial charge is 0.342 e. The summed E-state index contributed by atoms with van der Waals surface area (Å²) < 4.78 is 0. The molecule has 2 aromatic rings. The summed E-state index contributed by atoms with van der Waals surface area (Å²) in [5, 5.41) is 7.05. The van der Waals surface area contributed by atoms with Crippen molar-refractivity contribution in [2.45, 2.75) is 38.0 Å². The summed E-state index contributed by atoms with van der Waals surface area (Å²) in [5.41, 5.74) is 2.20. The second-order valence-electron chi connectivity index (χ2n) is 5.87. The van der Waals surface area contributed by atoms with E-state index in [1.165, 1.54) is 0 Å². The molecule has 1 amide bonds. The van der Waals surface area contributed by atoms with Gasteiger partial charge in [0.1, 0.15) is 0 Å². The molecule has 116 valence electrons. The molecule has 0 unspecified atom stereocenters. The maximum Gasteiger partial charge on any atom is 0.222 e. The van der Waals surface area contributed by atoms with Crippen LogP contribution in [0.2, 0.25) is 0 Å². The van der Waals surface area contributed by atoms with Crippen LogP contribution >= 0.6 is 0 Å². The van der Waals surface area contributed by atoms with Gasteiger partial charge < -0.3 is 4.90 Å². The van der Waals surface area contributed by atoms with Crippen molar-refractivity contribution in [3.05, 3.63) is 48.0 Å². The van der Waals surface area contributed by atoms with Crippen LogP contribution in [0.4, 0.5) is 0 Å². The monoisotopic (exact) mass is 298 g/mol. The van der Waals surface area contributed by atoms with E-state index < -0.39 is 0 Å². The standard InChI is InChI=1S/C17H22N4O/c22-17(8-3-7-15-6-1-2-10-18-15)21-12-4-5-14(13-21)16-9-11-19-20-16/h1-2,6,9-11,14H,3-5,7-8,12-13H2,(H,19,20)/t14-/m0/s1. The quantitative estimate of drug-likeness (QED) is 0.922. The highest BCUT2D eigenvalue weighted by Gasteiger charge is 2.25. The molecule has 0 saturated carbocycles. The van der Waals surface area contributed by atoms with Crippen LogP contribution in [0.5, 0.6) is 0 Å². The van der Waals surface area contributed by atoms with E-state index in [2.05, 4.69) is 15.2 Å². The maximum absolute atomic E-state index is 12.4. The van der Waals surface area contributed by atoms with Gasteiger partial charge in [-0.2, -0.15) is 5.10 Å². The lowest BCUT2D eigenvalue weighted by Crippen LogP contribution is -2.39. The number of aromatic amines is 1. The smallest absolute Gasteiger partial charge is 0.222 e. The predicted octanol–water partition coefficient (Wildman–Crippen LogP) is 2.53. The molecule has 0 radical (unpaired) electrons. The average Bonchev–Trinajstić information content (AvgIpc) is 3.10. The number of piperidine rings is 1. The summed E-state index contributed by atoms with van der Waals surface area (Å²) in [6, 6.07) is 7.93. The zero-order valence-corrected chi connectivity index (χ0v) is 12.7. The van der Waals surface area contributed by atoms with Crippen LogP contribution in [0.3, 0.4) is 0 Å². The van der Waals surface area contributed by atoms with Gasteiger partial charge in [0.15, 0.2) is 0 Å². The van der Waals surface area contributed by atoms with Gasteiger partial charge in [0.25, 0.3) is 0 Å². The van der Waals surface area contributed by atoms with Gasteiger partial charge in [-0.15, -0.1) is 0 Å². The third-order valence-corrected chi connectivity index (χ3v) is 4.29. The van der Waals surface area contributed by atoms with Gasteiger partial charge in [-0.1, -0.05) is 6.07 Å². The van der Waals surface area contributed by atoms with E-state index in [1.807, 2.05) is 29.2 Å². The molecule has 0 aromatic carbocycles. The van der Waals surface area contributed by atoms with E-state index in [9.17, 15) is 4.79 Å². The number of aryl methyl sites for hydroxylation is 1. The first-order chi connectivity index (χ1) is 10.8. The highest BCUT2D eigenvalue weighted by atomic mass is 16.2. The Balaban J connectivity index is 1.47. The lowest BCUT2D eigenvalue weighted by molar-refractivity contribution is -0.132. The normalized spacial score (nSPS) is 18.4. The highest BCUT2D eigenvalue weighted by molar-refractivity contribution is 5.76. The first kappa shape index (κ1) is 14.8. The van der Waals surface area contributed by atoms with Gasteiger partial charge in [0.05, 0.1) is 0 Å². The molecule has 0 spiro atoms. The summed E-state index contributed by atoms with van der Waals surface area (Å²) in [6.45, 7) is 1.69. The second kappa shape index (κ2) is 7.20. The predicted molar refractivity (Wildman–Crippen MR) is 84.3 cm³/mol. The molecule has 1 saturated heterocycles. The van der Waals surface area contributed by atoms with Crippen molar-refractivity contribution in [1.82, 2.24) is 20.1 Å². The molecule has 2 aromatic heterocycles. The van der Waals surface area contributed by atoms with E-state index in [0.717, 1.165) is 50.2 Å². The number of H-pyrrole nitrogens is 1. The van der Waals surface area contributed by atoms with Crippen molar-refractivity contribution < 1.29 is 4.79 Å². The van der Waals surface area contributed by atoms with Gasteiger partial charge in [-0.05, 0) is 43.9 Å². The highest BCUT2D eigenvalue weighted by Crippen LogP contribution is 2.25. The van der Waals surface area contributed by atoms with Crippen LogP contribution in [-0.4, -0.2) is 39.1 Å². The van der Waals surface area contributed by atoms with Crippen LogP contribution in [0.25, 0.3) is 0 Å². The van der Waals surface area contributed by atoms with Gasteiger partial charge >= 0.3 is 0 Å². The summed E-state index contributed by atoms with van der Waals surface area (Å²) >= 11 is 0. The molecule has 1 aliphatic heterocycles. The molecular weight excluding hydrogens is 276 g/mol. The van der Waals surface area contributed by atoms with Gasteiger partial charge in [-0.3, -0.25) is 14.9 Å². The Bertz CT molecular complexity index is 582. The Morgan fingerprint density at radius 1 is 1.32 bits per heavy atom. The summed E-state index contributed by atoms with van der Waals surface area (Å²) in [6.07, 6.45) is 8.10. The summed E-state index contributed by atoms with van der Waals surface area (Å²) in [7, 11) is 0. The molecule has 0 aliphatic carbocycles. The SMILES string of the molecule is O=C(CCCc1ccccn1)N1CCC[C@H](c2ccn[nH]2)C1. The minimum absolute atomic E-state index is 0.264. The van der Waals surface area contributed by atoms with Crippen molar-refractivity contribution in [2.24, 2.45) is 0 Å².